The van der Waals surface area contributed by atoms with E-state index in [1.807, 2.05) is 65.6 Å². The molecule has 4 rings (SSSR count). The zero-order chi connectivity index (χ0) is 26.2. The molecule has 0 aliphatic carbocycles. The normalized spacial score (nSPS) is 17.9. The van der Waals surface area contributed by atoms with E-state index in [0.29, 0.717) is 56.1 Å². The minimum atomic E-state index is -0.360. The second kappa shape index (κ2) is 12.6. The molecule has 0 saturated carbocycles. The third-order valence-electron chi connectivity index (χ3n) is 6.80. The van der Waals surface area contributed by atoms with Gasteiger partial charge < -0.3 is 30.7 Å². The van der Waals surface area contributed by atoms with Gasteiger partial charge in [-0.2, -0.15) is 0 Å². The first kappa shape index (κ1) is 26.4. The van der Waals surface area contributed by atoms with Crippen LogP contribution in [0.2, 0.25) is 0 Å². The van der Waals surface area contributed by atoms with Crippen molar-refractivity contribution in [1.29, 1.82) is 0 Å². The molecule has 0 bridgehead atoms. The average molecular weight is 505 g/mol. The van der Waals surface area contributed by atoms with Crippen LogP contribution in [0, 0.1) is 0 Å². The number of nitrogens with one attached hydrogen (secondary N) is 2. The Hall–Kier alpha value is -3.62. The number of amides is 2. The largest absolute Gasteiger partial charge is 0.497 e. The Balaban J connectivity index is 1.44. The maximum Gasteiger partial charge on any atom is 0.251 e. The highest BCUT2D eigenvalue weighted by Gasteiger charge is 2.30. The van der Waals surface area contributed by atoms with Crippen LogP contribution in [0.3, 0.4) is 0 Å². The molecule has 1 heterocycles. The van der Waals surface area contributed by atoms with Gasteiger partial charge in [0, 0.05) is 37.3 Å². The smallest absolute Gasteiger partial charge is 0.251 e. The lowest BCUT2D eigenvalue weighted by molar-refractivity contribution is -0.133. The van der Waals surface area contributed by atoms with Crippen LogP contribution in [-0.2, 0) is 11.3 Å². The molecule has 1 unspecified atom stereocenters. The number of rotatable bonds is 10. The van der Waals surface area contributed by atoms with Gasteiger partial charge in [-0.3, -0.25) is 9.59 Å². The number of carbonyl (C=O) groups excluding carboxylic acids is 2. The van der Waals surface area contributed by atoms with Crippen LogP contribution in [0.25, 0.3) is 10.8 Å². The van der Waals surface area contributed by atoms with Crippen LogP contribution in [0.4, 0.5) is 0 Å². The Morgan fingerprint density at radius 2 is 1.78 bits per heavy atom. The Labute approximate surface area is 218 Å². The summed E-state index contributed by atoms with van der Waals surface area (Å²) in [5.41, 5.74) is 7.31. The molecule has 0 radical (unpaired) electrons. The first-order chi connectivity index (χ1) is 18.0. The molecule has 3 aromatic carbocycles. The molecule has 4 N–H and O–H groups in total. The van der Waals surface area contributed by atoms with E-state index in [0.717, 1.165) is 22.8 Å². The number of fused-ring (bicyclic) bond motifs is 1. The molecule has 0 aromatic heterocycles. The summed E-state index contributed by atoms with van der Waals surface area (Å²) in [5.74, 6) is 1.29. The molecule has 2 atom stereocenters. The molecule has 1 saturated heterocycles. The van der Waals surface area contributed by atoms with Gasteiger partial charge in [0.25, 0.3) is 5.91 Å². The molecular weight excluding hydrogens is 468 g/mol. The highest BCUT2D eigenvalue weighted by atomic mass is 16.5. The van der Waals surface area contributed by atoms with E-state index in [9.17, 15) is 9.59 Å². The fourth-order valence-electron chi connectivity index (χ4n) is 4.75. The molecule has 0 spiro atoms. The zero-order valence-corrected chi connectivity index (χ0v) is 21.5. The Kier molecular flexibility index (Phi) is 8.98. The number of hydrogen-bond acceptors (Lipinski definition) is 6. The van der Waals surface area contributed by atoms with Crippen molar-refractivity contribution in [1.82, 2.24) is 15.5 Å². The molecule has 1 aliphatic rings. The fourth-order valence-corrected chi connectivity index (χ4v) is 4.75. The maximum absolute atomic E-state index is 13.5. The molecular formula is C29H36N4O4. The minimum Gasteiger partial charge on any atom is -0.497 e. The molecule has 1 aliphatic heterocycles. The van der Waals surface area contributed by atoms with Gasteiger partial charge in [-0.1, -0.05) is 30.3 Å². The monoisotopic (exact) mass is 504 g/mol. The van der Waals surface area contributed by atoms with Gasteiger partial charge in [0.1, 0.15) is 11.5 Å². The lowest BCUT2D eigenvalue weighted by atomic mass is 10.1. The van der Waals surface area contributed by atoms with Crippen molar-refractivity contribution in [3.05, 3.63) is 71.8 Å². The first-order valence-corrected chi connectivity index (χ1v) is 12.7. The van der Waals surface area contributed by atoms with E-state index in [-0.39, 0.29) is 23.9 Å². The van der Waals surface area contributed by atoms with Crippen molar-refractivity contribution in [3.63, 3.8) is 0 Å². The highest BCUT2D eigenvalue weighted by Crippen LogP contribution is 2.24. The quantitative estimate of drug-likeness (QED) is 0.392. The zero-order valence-electron chi connectivity index (χ0n) is 21.5. The van der Waals surface area contributed by atoms with Crippen LogP contribution in [-0.4, -0.2) is 62.7 Å². The maximum atomic E-state index is 13.5. The molecule has 8 heteroatoms. The predicted molar refractivity (Wildman–Crippen MR) is 145 cm³/mol. The number of ether oxygens (including phenoxy) is 2. The van der Waals surface area contributed by atoms with Gasteiger partial charge >= 0.3 is 0 Å². The lowest BCUT2D eigenvalue weighted by Crippen LogP contribution is -2.48. The van der Waals surface area contributed by atoms with E-state index in [4.69, 9.17) is 15.2 Å². The first-order valence-electron chi connectivity index (χ1n) is 12.7. The minimum absolute atomic E-state index is 0.0404. The Morgan fingerprint density at radius 1 is 1.05 bits per heavy atom. The van der Waals surface area contributed by atoms with E-state index < -0.39 is 0 Å². The number of hydrogen-bond donors (Lipinski definition) is 3. The number of nitrogens with zero attached hydrogens (tertiary/aromatic N) is 1. The van der Waals surface area contributed by atoms with Crippen molar-refractivity contribution < 1.29 is 19.1 Å². The van der Waals surface area contributed by atoms with Crippen molar-refractivity contribution in [2.24, 2.45) is 5.73 Å². The fraction of sp³-hybridized carbons (Fsp3) is 0.379. The number of carbonyl (C=O) groups is 2. The van der Waals surface area contributed by atoms with Gasteiger partial charge in [0.05, 0.1) is 20.3 Å². The molecule has 3 aromatic rings. The molecule has 37 heavy (non-hydrogen) atoms. The van der Waals surface area contributed by atoms with Crippen LogP contribution < -0.4 is 25.8 Å². The van der Waals surface area contributed by atoms with Crippen molar-refractivity contribution in [2.45, 2.75) is 37.9 Å². The summed E-state index contributed by atoms with van der Waals surface area (Å²) < 4.78 is 10.8. The average Bonchev–Trinajstić information content (AvgIpc) is 3.08. The molecule has 1 fully saturated rings. The number of nitrogens with two attached hydrogens (primary N) is 1. The topological polar surface area (TPSA) is 106 Å². The Morgan fingerprint density at radius 3 is 2.49 bits per heavy atom. The van der Waals surface area contributed by atoms with Gasteiger partial charge in [-0.05, 0) is 66.4 Å². The van der Waals surface area contributed by atoms with Crippen molar-refractivity contribution in [3.8, 4) is 11.5 Å². The SMILES string of the molecule is COc1cc(CN2CC[C@@H](CNC(=O)c3ccc4ccccc4c3)NC(CCCN)C2=O)cc(OC)c1. The molecule has 196 valence electrons. The summed E-state index contributed by atoms with van der Waals surface area (Å²) in [6.45, 7) is 1.96. The third kappa shape index (κ3) is 6.78. The summed E-state index contributed by atoms with van der Waals surface area (Å²) in [5, 5.41) is 8.67. The van der Waals surface area contributed by atoms with Gasteiger partial charge in [0.2, 0.25) is 5.91 Å². The second-order valence-electron chi connectivity index (χ2n) is 9.39. The van der Waals surface area contributed by atoms with Crippen LogP contribution in [0.15, 0.2) is 60.7 Å². The van der Waals surface area contributed by atoms with Crippen molar-refractivity contribution in [2.75, 3.05) is 33.9 Å². The number of benzene rings is 3. The van der Waals surface area contributed by atoms with E-state index in [1.165, 1.54) is 0 Å². The summed E-state index contributed by atoms with van der Waals surface area (Å²) in [6, 6.07) is 18.9. The van der Waals surface area contributed by atoms with E-state index >= 15 is 0 Å². The van der Waals surface area contributed by atoms with Crippen LogP contribution in [0.1, 0.15) is 35.2 Å². The lowest BCUT2D eigenvalue weighted by Gasteiger charge is -2.25. The van der Waals surface area contributed by atoms with Gasteiger partial charge in [0.15, 0.2) is 0 Å². The predicted octanol–water partition coefficient (Wildman–Crippen LogP) is 3.09. The van der Waals surface area contributed by atoms with Crippen LogP contribution in [0.5, 0.6) is 11.5 Å². The number of methoxy groups -OCH3 is 2. The summed E-state index contributed by atoms with van der Waals surface area (Å²) >= 11 is 0. The summed E-state index contributed by atoms with van der Waals surface area (Å²) in [4.78, 5) is 28.2. The van der Waals surface area contributed by atoms with Crippen molar-refractivity contribution >= 4 is 22.6 Å². The highest BCUT2D eigenvalue weighted by molar-refractivity contribution is 5.98. The second-order valence-corrected chi connectivity index (χ2v) is 9.39. The third-order valence-corrected chi connectivity index (χ3v) is 6.80. The van der Waals surface area contributed by atoms with E-state index in [1.54, 1.807) is 14.2 Å². The molecule has 2 amide bonds. The van der Waals surface area contributed by atoms with Gasteiger partial charge in [-0.25, -0.2) is 0 Å². The summed E-state index contributed by atoms with van der Waals surface area (Å²) in [6.07, 6.45) is 2.09. The molecule has 8 nitrogen and oxygen atoms in total. The van der Waals surface area contributed by atoms with Gasteiger partial charge in [-0.15, -0.1) is 0 Å². The van der Waals surface area contributed by atoms with E-state index in [2.05, 4.69) is 10.6 Å². The summed E-state index contributed by atoms with van der Waals surface area (Å²) in [7, 11) is 3.22. The standard InChI is InChI=1S/C29H36N4O4/c1-36-25-14-20(15-26(17-25)37-2)19-33-13-11-24(32-27(29(33)35)8-5-12-30)18-31-28(34)23-10-9-21-6-3-4-7-22(21)16-23/h3-4,6-7,9-10,14-17,24,27,32H,5,8,11-13,18-19,30H2,1-2H3,(H,31,34)/t24-,27?/m0/s1. The van der Waals surface area contributed by atoms with Crippen LogP contribution >= 0.6 is 0 Å². The Bertz CT molecular complexity index is 1210.